The van der Waals surface area contributed by atoms with Crippen molar-refractivity contribution in [2.75, 3.05) is 6.61 Å². The molecule has 0 aromatic rings. The molecule has 0 fully saturated rings. The molecule has 0 aliphatic carbocycles. The number of amidine groups is 1. The van der Waals surface area contributed by atoms with Crippen LogP contribution < -0.4 is 5.48 Å². The van der Waals surface area contributed by atoms with Gasteiger partial charge in [-0.05, 0) is 18.8 Å². The average Bonchev–Trinajstić information content (AvgIpc) is 1.78. The lowest BCUT2D eigenvalue weighted by Gasteiger charge is -2.17. The summed E-state index contributed by atoms with van der Waals surface area (Å²) >= 11 is 0. The standard InChI is InChI=1S/C8H18N2O/c1-7(9)10-11-6-5-8(2,3)4/h5-6H2,1-4H3,(H2,9,10). The Kier molecular flexibility index (Phi) is 4.11. The maximum atomic E-state index is 6.99. The molecule has 0 amide bonds. The summed E-state index contributed by atoms with van der Waals surface area (Å²) in [5, 5.41) is 6.99. The van der Waals surface area contributed by atoms with Crippen molar-refractivity contribution in [3.63, 3.8) is 0 Å². The van der Waals surface area contributed by atoms with Gasteiger partial charge < -0.3 is 0 Å². The van der Waals surface area contributed by atoms with Crippen LogP contribution >= 0.6 is 0 Å². The Bertz CT molecular complexity index is 127. The maximum Gasteiger partial charge on any atom is 0.114 e. The van der Waals surface area contributed by atoms with E-state index in [0.29, 0.717) is 17.9 Å². The summed E-state index contributed by atoms with van der Waals surface area (Å²) < 4.78 is 0. The van der Waals surface area contributed by atoms with Gasteiger partial charge in [0.05, 0.1) is 6.61 Å². The van der Waals surface area contributed by atoms with Crippen molar-refractivity contribution < 1.29 is 4.84 Å². The lowest BCUT2D eigenvalue weighted by molar-refractivity contribution is 0.0641. The molecule has 0 rings (SSSR count). The normalized spacial score (nSPS) is 11.3. The molecular weight excluding hydrogens is 140 g/mol. The maximum absolute atomic E-state index is 6.99. The molecule has 3 heteroatoms. The van der Waals surface area contributed by atoms with E-state index in [1.54, 1.807) is 6.92 Å². The van der Waals surface area contributed by atoms with Crippen molar-refractivity contribution in [2.45, 2.75) is 34.1 Å². The van der Waals surface area contributed by atoms with Crippen molar-refractivity contribution >= 4 is 5.84 Å². The third-order valence-electron chi connectivity index (χ3n) is 1.18. The first-order valence-corrected chi connectivity index (χ1v) is 3.85. The Balaban J connectivity index is 3.22. The number of hydroxylamine groups is 1. The Morgan fingerprint density at radius 2 is 2.00 bits per heavy atom. The second-order valence-electron chi connectivity index (χ2n) is 3.89. The number of nitrogens with one attached hydrogen (secondary N) is 2. The van der Waals surface area contributed by atoms with Gasteiger partial charge in [0.25, 0.3) is 0 Å². The highest BCUT2D eigenvalue weighted by atomic mass is 16.6. The molecule has 0 aliphatic rings. The van der Waals surface area contributed by atoms with Crippen molar-refractivity contribution in [3.05, 3.63) is 0 Å². The lowest BCUT2D eigenvalue weighted by Crippen LogP contribution is -2.22. The summed E-state index contributed by atoms with van der Waals surface area (Å²) in [6.45, 7) is 8.78. The van der Waals surface area contributed by atoms with E-state index in [-0.39, 0.29) is 0 Å². The van der Waals surface area contributed by atoms with Gasteiger partial charge in [-0.1, -0.05) is 20.8 Å². The number of hydrogen-bond acceptors (Lipinski definition) is 2. The molecule has 0 aromatic carbocycles. The zero-order chi connectivity index (χ0) is 8.91. The highest BCUT2D eigenvalue weighted by Crippen LogP contribution is 2.17. The Labute approximate surface area is 68.6 Å². The monoisotopic (exact) mass is 158 g/mol. The molecular formula is C8H18N2O. The molecule has 0 atom stereocenters. The molecule has 2 N–H and O–H groups in total. The van der Waals surface area contributed by atoms with Gasteiger partial charge in [0.2, 0.25) is 0 Å². The third kappa shape index (κ3) is 9.43. The van der Waals surface area contributed by atoms with E-state index in [2.05, 4.69) is 26.3 Å². The van der Waals surface area contributed by atoms with Crippen LogP contribution in [0.4, 0.5) is 0 Å². The summed E-state index contributed by atoms with van der Waals surface area (Å²) in [5.41, 5.74) is 2.80. The predicted octanol–water partition coefficient (Wildman–Crippen LogP) is 1.94. The second kappa shape index (κ2) is 4.34. The van der Waals surface area contributed by atoms with Gasteiger partial charge in [0, 0.05) is 0 Å². The van der Waals surface area contributed by atoms with E-state index in [1.807, 2.05) is 0 Å². The molecule has 11 heavy (non-hydrogen) atoms. The van der Waals surface area contributed by atoms with Crippen LogP contribution in [0.2, 0.25) is 0 Å². The molecule has 0 aliphatic heterocycles. The molecule has 0 unspecified atom stereocenters. The summed E-state index contributed by atoms with van der Waals surface area (Å²) in [4.78, 5) is 5.00. The fourth-order valence-electron chi connectivity index (χ4n) is 0.517. The molecule has 66 valence electrons. The predicted molar refractivity (Wildman–Crippen MR) is 46.6 cm³/mol. The van der Waals surface area contributed by atoms with Crippen molar-refractivity contribution in [1.29, 1.82) is 5.41 Å². The molecule has 0 saturated carbocycles. The molecule has 3 nitrogen and oxygen atoms in total. The molecule has 0 bridgehead atoms. The van der Waals surface area contributed by atoms with Gasteiger partial charge in [-0.2, -0.15) is 0 Å². The average molecular weight is 158 g/mol. The molecule has 0 spiro atoms. The smallest absolute Gasteiger partial charge is 0.114 e. The van der Waals surface area contributed by atoms with Crippen LogP contribution in [0.25, 0.3) is 0 Å². The first-order chi connectivity index (χ1) is 4.92. The summed E-state index contributed by atoms with van der Waals surface area (Å²) in [6, 6.07) is 0. The zero-order valence-corrected chi connectivity index (χ0v) is 7.82. The first-order valence-electron chi connectivity index (χ1n) is 3.85. The number of hydrogen-bond donors (Lipinski definition) is 2. The van der Waals surface area contributed by atoms with Crippen LogP contribution in [0.15, 0.2) is 0 Å². The van der Waals surface area contributed by atoms with Crippen LogP contribution in [-0.2, 0) is 4.84 Å². The quantitative estimate of drug-likeness (QED) is 0.285. The summed E-state index contributed by atoms with van der Waals surface area (Å²) in [5.74, 6) is 0.346. The fraction of sp³-hybridized carbons (Fsp3) is 0.875. The van der Waals surface area contributed by atoms with E-state index in [9.17, 15) is 0 Å². The highest BCUT2D eigenvalue weighted by Gasteiger charge is 2.08. The van der Waals surface area contributed by atoms with Gasteiger partial charge in [-0.3, -0.25) is 15.7 Å². The largest absolute Gasteiger partial charge is 0.287 e. The Morgan fingerprint density at radius 3 is 2.36 bits per heavy atom. The molecule has 0 saturated heterocycles. The van der Waals surface area contributed by atoms with Crippen molar-refractivity contribution in [2.24, 2.45) is 5.41 Å². The van der Waals surface area contributed by atoms with E-state index in [4.69, 9.17) is 10.2 Å². The van der Waals surface area contributed by atoms with Crippen LogP contribution in [0.5, 0.6) is 0 Å². The van der Waals surface area contributed by atoms with Crippen LogP contribution in [-0.4, -0.2) is 12.4 Å². The van der Waals surface area contributed by atoms with Gasteiger partial charge in [-0.15, -0.1) is 0 Å². The highest BCUT2D eigenvalue weighted by molar-refractivity contribution is 5.74. The SMILES string of the molecule is CC(=N)NOCCC(C)(C)C. The molecule has 0 aromatic heterocycles. The zero-order valence-electron chi connectivity index (χ0n) is 7.82. The topological polar surface area (TPSA) is 45.1 Å². The minimum Gasteiger partial charge on any atom is -0.287 e. The van der Waals surface area contributed by atoms with Crippen molar-refractivity contribution in [1.82, 2.24) is 5.48 Å². The van der Waals surface area contributed by atoms with E-state index >= 15 is 0 Å². The first kappa shape index (κ1) is 10.4. The van der Waals surface area contributed by atoms with Gasteiger partial charge in [-0.25, -0.2) is 0 Å². The van der Waals surface area contributed by atoms with Crippen LogP contribution in [0.3, 0.4) is 0 Å². The van der Waals surface area contributed by atoms with Crippen LogP contribution in [0, 0.1) is 10.8 Å². The fourth-order valence-corrected chi connectivity index (χ4v) is 0.517. The van der Waals surface area contributed by atoms with Gasteiger partial charge >= 0.3 is 0 Å². The van der Waals surface area contributed by atoms with E-state index < -0.39 is 0 Å². The molecule has 0 heterocycles. The van der Waals surface area contributed by atoms with Gasteiger partial charge in [0.15, 0.2) is 0 Å². The summed E-state index contributed by atoms with van der Waals surface area (Å²) in [6.07, 6.45) is 0.993. The number of rotatable bonds is 3. The van der Waals surface area contributed by atoms with Crippen molar-refractivity contribution in [3.8, 4) is 0 Å². The van der Waals surface area contributed by atoms with E-state index in [0.717, 1.165) is 6.42 Å². The van der Waals surface area contributed by atoms with Gasteiger partial charge in [0.1, 0.15) is 5.84 Å². The third-order valence-corrected chi connectivity index (χ3v) is 1.18. The Morgan fingerprint density at radius 1 is 1.45 bits per heavy atom. The second-order valence-corrected chi connectivity index (χ2v) is 3.89. The minimum absolute atomic E-state index is 0.303. The Hall–Kier alpha value is -0.570. The minimum atomic E-state index is 0.303. The van der Waals surface area contributed by atoms with E-state index in [1.165, 1.54) is 0 Å². The lowest BCUT2D eigenvalue weighted by atomic mass is 9.93. The summed E-state index contributed by atoms with van der Waals surface area (Å²) in [7, 11) is 0. The molecule has 0 radical (unpaired) electrons. The van der Waals surface area contributed by atoms with Crippen LogP contribution in [0.1, 0.15) is 34.1 Å².